The number of carboxylic acid groups (broad SMARTS) is 1. The van der Waals surface area contributed by atoms with E-state index in [1.807, 2.05) is 4.90 Å². The fourth-order valence-electron chi connectivity index (χ4n) is 3.26. The quantitative estimate of drug-likeness (QED) is 0.840. The van der Waals surface area contributed by atoms with E-state index in [0.717, 1.165) is 25.9 Å². The molecule has 1 aliphatic rings. The monoisotopic (exact) mass is 369 g/mol. The fraction of sp³-hybridized carbons (Fsp3) is 0.350. The number of benzene rings is 1. The first kappa shape index (κ1) is 18.7. The zero-order valence-corrected chi connectivity index (χ0v) is 15.4. The van der Waals surface area contributed by atoms with Crippen molar-refractivity contribution in [2.45, 2.75) is 19.8 Å². The first-order valence-corrected chi connectivity index (χ1v) is 8.91. The molecule has 27 heavy (non-hydrogen) atoms. The van der Waals surface area contributed by atoms with E-state index in [0.29, 0.717) is 28.7 Å². The summed E-state index contributed by atoms with van der Waals surface area (Å²) >= 11 is 0. The lowest BCUT2D eigenvalue weighted by molar-refractivity contribution is 0.0696. The van der Waals surface area contributed by atoms with Crippen LogP contribution in [0.3, 0.4) is 0 Å². The summed E-state index contributed by atoms with van der Waals surface area (Å²) in [6.07, 6.45) is 3.65. The molecule has 0 bridgehead atoms. The second kappa shape index (κ2) is 8.07. The number of amides is 1. The van der Waals surface area contributed by atoms with Crippen LogP contribution in [0.1, 0.15) is 40.5 Å². The van der Waals surface area contributed by atoms with Crippen LogP contribution >= 0.6 is 0 Å². The van der Waals surface area contributed by atoms with Crippen molar-refractivity contribution in [3.05, 3.63) is 47.7 Å². The van der Waals surface area contributed by atoms with Gasteiger partial charge in [-0.05, 0) is 49.1 Å². The van der Waals surface area contributed by atoms with E-state index in [1.54, 1.807) is 31.4 Å². The maximum Gasteiger partial charge on any atom is 0.339 e. The molecule has 1 fully saturated rings. The molecule has 2 aromatic rings. The van der Waals surface area contributed by atoms with Crippen LogP contribution < -0.4 is 15.0 Å². The van der Waals surface area contributed by atoms with E-state index in [9.17, 15) is 14.7 Å². The molecule has 7 heteroatoms. The number of nitrogens with zero attached hydrogens (tertiary/aromatic N) is 2. The molecule has 0 spiro atoms. The van der Waals surface area contributed by atoms with E-state index in [4.69, 9.17) is 4.74 Å². The van der Waals surface area contributed by atoms with Crippen LogP contribution in [0.25, 0.3) is 0 Å². The van der Waals surface area contributed by atoms with Gasteiger partial charge in [0.15, 0.2) is 0 Å². The van der Waals surface area contributed by atoms with E-state index in [2.05, 4.69) is 17.2 Å². The number of pyridine rings is 1. The predicted octanol–water partition coefficient (Wildman–Crippen LogP) is 3.28. The van der Waals surface area contributed by atoms with E-state index in [-0.39, 0.29) is 11.5 Å². The van der Waals surface area contributed by atoms with Crippen LogP contribution in [0.2, 0.25) is 0 Å². The Morgan fingerprint density at radius 3 is 2.67 bits per heavy atom. The molecule has 3 rings (SSSR count). The number of aromatic nitrogens is 1. The zero-order valence-electron chi connectivity index (χ0n) is 15.4. The van der Waals surface area contributed by atoms with Crippen molar-refractivity contribution in [2.75, 3.05) is 30.4 Å². The van der Waals surface area contributed by atoms with Crippen LogP contribution in [0, 0.1) is 5.92 Å². The average molecular weight is 369 g/mol. The fourth-order valence-corrected chi connectivity index (χ4v) is 3.26. The molecule has 0 radical (unpaired) electrons. The molecular formula is C20H23N3O4. The second-order valence-electron chi connectivity index (χ2n) is 6.78. The van der Waals surface area contributed by atoms with Crippen molar-refractivity contribution in [3.8, 4) is 5.75 Å². The number of methoxy groups -OCH3 is 1. The Hall–Kier alpha value is -3.09. The number of rotatable bonds is 5. The van der Waals surface area contributed by atoms with Crippen LogP contribution in [0.4, 0.5) is 11.5 Å². The summed E-state index contributed by atoms with van der Waals surface area (Å²) in [6.45, 7) is 3.72. The maximum absolute atomic E-state index is 12.4. The van der Waals surface area contributed by atoms with Gasteiger partial charge in [0, 0.05) is 18.7 Å². The van der Waals surface area contributed by atoms with Crippen molar-refractivity contribution in [1.29, 1.82) is 0 Å². The van der Waals surface area contributed by atoms with Gasteiger partial charge in [0.1, 0.15) is 17.1 Å². The summed E-state index contributed by atoms with van der Waals surface area (Å²) in [6, 6.07) is 8.13. The predicted molar refractivity (Wildman–Crippen MR) is 103 cm³/mol. The summed E-state index contributed by atoms with van der Waals surface area (Å²) in [5.41, 5.74) is 0.889. The molecular weight excluding hydrogens is 346 g/mol. The third-order valence-electron chi connectivity index (χ3n) is 4.66. The van der Waals surface area contributed by atoms with Gasteiger partial charge >= 0.3 is 5.97 Å². The van der Waals surface area contributed by atoms with E-state index in [1.165, 1.54) is 12.3 Å². The highest BCUT2D eigenvalue weighted by Gasteiger charge is 2.23. The summed E-state index contributed by atoms with van der Waals surface area (Å²) < 4.78 is 5.08. The number of piperidine rings is 1. The lowest BCUT2D eigenvalue weighted by atomic mass is 10.00. The molecule has 1 atom stereocenters. The average Bonchev–Trinajstić information content (AvgIpc) is 2.68. The lowest BCUT2D eigenvalue weighted by Gasteiger charge is -2.32. The highest BCUT2D eigenvalue weighted by atomic mass is 16.5. The molecule has 0 saturated carbocycles. The molecule has 1 aromatic carbocycles. The molecule has 1 saturated heterocycles. The number of ether oxygens (including phenoxy) is 1. The van der Waals surface area contributed by atoms with Crippen LogP contribution in [-0.4, -0.2) is 42.2 Å². The Morgan fingerprint density at radius 1 is 1.30 bits per heavy atom. The largest absolute Gasteiger partial charge is 0.497 e. The highest BCUT2D eigenvalue weighted by molar-refractivity contribution is 6.05. The smallest absolute Gasteiger partial charge is 0.339 e. The standard InChI is InChI=1S/C20H23N3O4/c1-13-4-3-9-23(12-13)18-17(20(25)26)10-15(11-21-18)22-19(24)14-5-7-16(27-2)8-6-14/h5-8,10-11,13H,3-4,9,12H2,1-2H3,(H,22,24)(H,25,26)/t13-/m0/s1. The molecule has 1 aliphatic heterocycles. The van der Waals surface area contributed by atoms with Gasteiger partial charge in [0.25, 0.3) is 5.91 Å². The molecule has 142 valence electrons. The summed E-state index contributed by atoms with van der Waals surface area (Å²) in [5.74, 6) is 0.209. The van der Waals surface area contributed by atoms with Crippen molar-refractivity contribution in [2.24, 2.45) is 5.92 Å². The van der Waals surface area contributed by atoms with Crippen LogP contribution in [-0.2, 0) is 0 Å². The second-order valence-corrected chi connectivity index (χ2v) is 6.78. The van der Waals surface area contributed by atoms with Crippen molar-refractivity contribution < 1.29 is 19.4 Å². The number of carbonyl (C=O) groups is 2. The third kappa shape index (κ3) is 4.36. The number of carbonyl (C=O) groups excluding carboxylic acids is 1. The Kier molecular flexibility index (Phi) is 5.59. The highest BCUT2D eigenvalue weighted by Crippen LogP contribution is 2.26. The Labute approximate surface area is 158 Å². The molecule has 2 heterocycles. The third-order valence-corrected chi connectivity index (χ3v) is 4.66. The topological polar surface area (TPSA) is 91.8 Å². The minimum atomic E-state index is -1.06. The van der Waals surface area contributed by atoms with E-state index < -0.39 is 5.97 Å². The first-order valence-electron chi connectivity index (χ1n) is 8.91. The van der Waals surface area contributed by atoms with Crippen molar-refractivity contribution in [3.63, 3.8) is 0 Å². The van der Waals surface area contributed by atoms with Crippen LogP contribution in [0.15, 0.2) is 36.5 Å². The summed E-state index contributed by atoms with van der Waals surface area (Å²) in [7, 11) is 1.55. The molecule has 1 amide bonds. The Morgan fingerprint density at radius 2 is 2.04 bits per heavy atom. The number of aromatic carboxylic acids is 1. The summed E-state index contributed by atoms with van der Waals surface area (Å²) in [5, 5.41) is 12.3. The SMILES string of the molecule is COc1ccc(C(=O)Nc2cnc(N3CCC[C@H](C)C3)c(C(=O)O)c2)cc1. The number of hydrogen-bond acceptors (Lipinski definition) is 5. The minimum absolute atomic E-state index is 0.0941. The first-order chi connectivity index (χ1) is 13.0. The lowest BCUT2D eigenvalue weighted by Crippen LogP contribution is -2.36. The van der Waals surface area contributed by atoms with Gasteiger partial charge in [-0.1, -0.05) is 6.92 Å². The Balaban J connectivity index is 1.80. The van der Waals surface area contributed by atoms with Gasteiger partial charge in [-0.15, -0.1) is 0 Å². The molecule has 0 aliphatic carbocycles. The zero-order chi connectivity index (χ0) is 19.4. The Bertz CT molecular complexity index is 836. The molecule has 2 N–H and O–H groups in total. The van der Waals surface area contributed by atoms with Gasteiger partial charge in [-0.3, -0.25) is 4.79 Å². The number of hydrogen-bond donors (Lipinski definition) is 2. The number of carboxylic acids is 1. The molecule has 1 aromatic heterocycles. The van der Waals surface area contributed by atoms with E-state index >= 15 is 0 Å². The molecule has 0 unspecified atom stereocenters. The molecule has 7 nitrogen and oxygen atoms in total. The summed E-state index contributed by atoms with van der Waals surface area (Å²) in [4.78, 5) is 30.5. The normalized spacial score (nSPS) is 16.7. The minimum Gasteiger partial charge on any atom is -0.497 e. The van der Waals surface area contributed by atoms with Crippen LogP contribution in [0.5, 0.6) is 5.75 Å². The van der Waals surface area contributed by atoms with Gasteiger partial charge in [-0.25, -0.2) is 9.78 Å². The van der Waals surface area contributed by atoms with Crippen molar-refractivity contribution >= 4 is 23.4 Å². The number of nitrogens with one attached hydrogen (secondary N) is 1. The van der Waals surface area contributed by atoms with Gasteiger partial charge in [0.2, 0.25) is 0 Å². The van der Waals surface area contributed by atoms with Gasteiger partial charge in [0.05, 0.1) is 19.0 Å². The van der Waals surface area contributed by atoms with Gasteiger partial charge < -0.3 is 20.1 Å². The maximum atomic E-state index is 12.4. The van der Waals surface area contributed by atoms with Gasteiger partial charge in [-0.2, -0.15) is 0 Å². The van der Waals surface area contributed by atoms with Crippen molar-refractivity contribution in [1.82, 2.24) is 4.98 Å². The number of anilines is 2.